The summed E-state index contributed by atoms with van der Waals surface area (Å²) in [6.07, 6.45) is 1.59. The van der Waals surface area contributed by atoms with Crippen LogP contribution in [0.5, 0.6) is 0 Å². The molecule has 5 heteroatoms. The quantitative estimate of drug-likeness (QED) is 0.618. The Kier molecular flexibility index (Phi) is 5.89. The molecule has 2 amide bonds. The Morgan fingerprint density at radius 1 is 1.33 bits per heavy atom. The minimum atomic E-state index is -0.301. The monoisotopic (exact) mass is 330 g/mol. The lowest BCUT2D eigenvalue weighted by Gasteiger charge is -2.30. The van der Waals surface area contributed by atoms with Crippen LogP contribution in [0.25, 0.3) is 0 Å². The number of Topliss-reactive ketones (excluding diaryl/α,β-unsaturated/α-hetero) is 1. The van der Waals surface area contributed by atoms with Crippen molar-refractivity contribution in [1.82, 2.24) is 5.32 Å². The van der Waals surface area contributed by atoms with E-state index >= 15 is 0 Å². The molecule has 1 aromatic rings. The Balaban J connectivity index is 2.23. The SMILES string of the molecule is CCc1c(CN)cccc1C(=O)C(C)C(C)C1CCC(=O)NC1=O. The highest BCUT2D eigenvalue weighted by molar-refractivity contribution is 6.01. The van der Waals surface area contributed by atoms with Crippen LogP contribution in [-0.4, -0.2) is 17.6 Å². The first-order valence-corrected chi connectivity index (χ1v) is 8.59. The van der Waals surface area contributed by atoms with Gasteiger partial charge in [0.15, 0.2) is 5.78 Å². The predicted octanol–water partition coefficient (Wildman–Crippen LogP) is 2.22. The van der Waals surface area contributed by atoms with Crippen LogP contribution >= 0.6 is 0 Å². The highest BCUT2D eigenvalue weighted by Crippen LogP contribution is 2.30. The largest absolute Gasteiger partial charge is 0.326 e. The average molecular weight is 330 g/mol. The van der Waals surface area contributed by atoms with Crippen LogP contribution in [0.1, 0.15) is 55.1 Å². The van der Waals surface area contributed by atoms with Crippen LogP contribution < -0.4 is 11.1 Å². The van der Waals surface area contributed by atoms with Gasteiger partial charge in [0.2, 0.25) is 11.8 Å². The molecule has 0 aliphatic carbocycles. The summed E-state index contributed by atoms with van der Waals surface area (Å²) in [5.41, 5.74) is 8.47. The second-order valence-corrected chi connectivity index (χ2v) is 6.57. The molecular formula is C19H26N2O3. The molecule has 1 heterocycles. The molecule has 1 aliphatic rings. The van der Waals surface area contributed by atoms with Gasteiger partial charge in [-0.3, -0.25) is 19.7 Å². The van der Waals surface area contributed by atoms with Crippen molar-refractivity contribution in [3.63, 3.8) is 0 Å². The second-order valence-electron chi connectivity index (χ2n) is 6.57. The normalized spacial score (nSPS) is 20.4. The Morgan fingerprint density at radius 2 is 2.04 bits per heavy atom. The maximum Gasteiger partial charge on any atom is 0.229 e. The first-order chi connectivity index (χ1) is 11.4. The first kappa shape index (κ1) is 18.3. The summed E-state index contributed by atoms with van der Waals surface area (Å²) in [5.74, 6) is -1.18. The standard InChI is InChI=1S/C19H26N2O3/c1-4-14-13(10-20)6-5-7-16(14)18(23)12(3)11(2)15-8-9-17(22)21-19(15)24/h5-7,11-12,15H,4,8-10,20H2,1-3H3,(H,21,22,24). The number of hydrogen-bond donors (Lipinski definition) is 2. The predicted molar refractivity (Wildman–Crippen MR) is 92.2 cm³/mol. The highest BCUT2D eigenvalue weighted by atomic mass is 16.2. The molecule has 130 valence electrons. The van der Waals surface area contributed by atoms with Crippen molar-refractivity contribution in [2.45, 2.75) is 46.6 Å². The number of nitrogens with one attached hydrogen (secondary N) is 1. The molecule has 1 aliphatic heterocycles. The minimum Gasteiger partial charge on any atom is -0.326 e. The third kappa shape index (κ3) is 3.56. The van der Waals surface area contributed by atoms with Gasteiger partial charge in [0, 0.05) is 30.4 Å². The van der Waals surface area contributed by atoms with Crippen LogP contribution in [0, 0.1) is 17.8 Å². The number of rotatable bonds is 6. The number of hydrogen-bond acceptors (Lipinski definition) is 4. The van der Waals surface area contributed by atoms with Gasteiger partial charge in [-0.1, -0.05) is 39.0 Å². The molecule has 0 saturated carbocycles. The summed E-state index contributed by atoms with van der Waals surface area (Å²) in [5, 5.41) is 2.38. The molecule has 0 aromatic heterocycles. The van der Waals surface area contributed by atoms with Crippen LogP contribution in [0.3, 0.4) is 0 Å². The zero-order valence-electron chi connectivity index (χ0n) is 14.6. The Labute approximate surface area is 143 Å². The fourth-order valence-corrected chi connectivity index (χ4v) is 3.52. The van der Waals surface area contributed by atoms with E-state index in [-0.39, 0.29) is 35.4 Å². The average Bonchev–Trinajstić information content (AvgIpc) is 2.59. The van der Waals surface area contributed by atoms with E-state index in [1.54, 1.807) is 0 Å². The number of imide groups is 1. The van der Waals surface area contributed by atoms with E-state index in [2.05, 4.69) is 5.32 Å². The number of piperidine rings is 1. The van der Waals surface area contributed by atoms with Gasteiger partial charge in [-0.05, 0) is 29.9 Å². The molecule has 2 rings (SSSR count). The summed E-state index contributed by atoms with van der Waals surface area (Å²) in [6.45, 7) is 6.20. The molecule has 3 atom stereocenters. The summed E-state index contributed by atoms with van der Waals surface area (Å²) >= 11 is 0. The van der Waals surface area contributed by atoms with Crippen LogP contribution in [-0.2, 0) is 22.6 Å². The van der Waals surface area contributed by atoms with E-state index in [9.17, 15) is 14.4 Å². The number of nitrogens with two attached hydrogens (primary N) is 1. The molecule has 5 nitrogen and oxygen atoms in total. The fourth-order valence-electron chi connectivity index (χ4n) is 3.52. The lowest BCUT2D eigenvalue weighted by atomic mass is 9.76. The van der Waals surface area contributed by atoms with Crippen molar-refractivity contribution in [3.8, 4) is 0 Å². The Morgan fingerprint density at radius 3 is 2.62 bits per heavy atom. The number of amides is 2. The smallest absolute Gasteiger partial charge is 0.229 e. The lowest BCUT2D eigenvalue weighted by Crippen LogP contribution is -2.45. The molecule has 0 bridgehead atoms. The number of benzene rings is 1. The van der Waals surface area contributed by atoms with Crippen molar-refractivity contribution in [2.24, 2.45) is 23.5 Å². The summed E-state index contributed by atoms with van der Waals surface area (Å²) < 4.78 is 0. The van der Waals surface area contributed by atoms with Gasteiger partial charge in [-0.2, -0.15) is 0 Å². The molecule has 3 N–H and O–H groups in total. The van der Waals surface area contributed by atoms with Gasteiger partial charge in [-0.15, -0.1) is 0 Å². The third-order valence-electron chi connectivity index (χ3n) is 5.23. The van der Waals surface area contributed by atoms with E-state index in [1.807, 2.05) is 39.0 Å². The number of carbonyl (C=O) groups excluding carboxylic acids is 3. The van der Waals surface area contributed by atoms with E-state index in [1.165, 1.54) is 0 Å². The summed E-state index contributed by atoms with van der Waals surface area (Å²) in [6, 6.07) is 5.65. The zero-order valence-corrected chi connectivity index (χ0v) is 14.6. The van der Waals surface area contributed by atoms with Crippen LogP contribution in [0.4, 0.5) is 0 Å². The van der Waals surface area contributed by atoms with E-state index < -0.39 is 0 Å². The van der Waals surface area contributed by atoms with Gasteiger partial charge in [0.25, 0.3) is 0 Å². The van der Waals surface area contributed by atoms with Gasteiger partial charge >= 0.3 is 0 Å². The van der Waals surface area contributed by atoms with Crippen molar-refractivity contribution < 1.29 is 14.4 Å². The van der Waals surface area contributed by atoms with Crippen molar-refractivity contribution in [2.75, 3.05) is 0 Å². The molecule has 0 radical (unpaired) electrons. The van der Waals surface area contributed by atoms with E-state index in [0.29, 0.717) is 24.9 Å². The van der Waals surface area contributed by atoms with Crippen molar-refractivity contribution in [3.05, 3.63) is 34.9 Å². The number of carbonyl (C=O) groups is 3. The third-order valence-corrected chi connectivity index (χ3v) is 5.23. The fraction of sp³-hybridized carbons (Fsp3) is 0.526. The summed E-state index contributed by atoms with van der Waals surface area (Å²) in [7, 11) is 0. The van der Waals surface area contributed by atoms with Crippen LogP contribution in [0.2, 0.25) is 0 Å². The van der Waals surface area contributed by atoms with Gasteiger partial charge in [0.1, 0.15) is 0 Å². The lowest BCUT2D eigenvalue weighted by molar-refractivity contribution is -0.137. The topological polar surface area (TPSA) is 89.3 Å². The molecule has 1 saturated heterocycles. The van der Waals surface area contributed by atoms with Crippen LogP contribution in [0.15, 0.2) is 18.2 Å². The second kappa shape index (κ2) is 7.71. The molecule has 0 spiro atoms. The minimum absolute atomic E-state index is 0.0411. The van der Waals surface area contributed by atoms with Gasteiger partial charge < -0.3 is 5.73 Å². The maximum absolute atomic E-state index is 13.0. The van der Waals surface area contributed by atoms with Crippen molar-refractivity contribution in [1.29, 1.82) is 0 Å². The van der Waals surface area contributed by atoms with Crippen molar-refractivity contribution >= 4 is 17.6 Å². The Bertz CT molecular complexity index is 654. The van der Waals surface area contributed by atoms with Gasteiger partial charge in [0.05, 0.1) is 0 Å². The molecule has 3 unspecified atom stereocenters. The molecule has 1 fully saturated rings. The van der Waals surface area contributed by atoms with E-state index in [4.69, 9.17) is 5.73 Å². The zero-order chi connectivity index (χ0) is 17.9. The Hall–Kier alpha value is -2.01. The van der Waals surface area contributed by atoms with Gasteiger partial charge in [-0.25, -0.2) is 0 Å². The molecule has 1 aromatic carbocycles. The maximum atomic E-state index is 13.0. The number of ketones is 1. The summed E-state index contributed by atoms with van der Waals surface area (Å²) in [4.78, 5) is 36.4. The van der Waals surface area contributed by atoms with E-state index in [0.717, 1.165) is 17.5 Å². The molecular weight excluding hydrogens is 304 g/mol. The molecule has 24 heavy (non-hydrogen) atoms. The highest BCUT2D eigenvalue weighted by Gasteiger charge is 2.36. The first-order valence-electron chi connectivity index (χ1n) is 8.59.